The lowest BCUT2D eigenvalue weighted by Crippen LogP contribution is -2.06. The quantitative estimate of drug-likeness (QED) is 0.327. The minimum atomic E-state index is -0.838. The van der Waals surface area contributed by atoms with Gasteiger partial charge in [0.05, 0.1) is 6.61 Å². The van der Waals surface area contributed by atoms with Gasteiger partial charge in [-0.1, -0.05) is 24.3 Å². The van der Waals surface area contributed by atoms with E-state index in [1.165, 1.54) is 23.3 Å². The summed E-state index contributed by atoms with van der Waals surface area (Å²) >= 11 is 0. The molecular weight excluding hydrogens is 370 g/mol. The Kier molecular flexibility index (Phi) is 6.76. The first kappa shape index (κ1) is 20.7. The van der Waals surface area contributed by atoms with Crippen molar-refractivity contribution in [2.24, 2.45) is 0 Å². The molecule has 0 saturated carbocycles. The Morgan fingerprint density at radius 1 is 0.862 bits per heavy atom. The molecule has 29 heavy (non-hydrogen) atoms. The number of aldehydes is 1. The fraction of sp³-hybridized carbons (Fsp3) is 0.240. The molecule has 0 fully saturated rings. The zero-order valence-electron chi connectivity index (χ0n) is 16.6. The largest absolute Gasteiger partial charge is 0.494 e. The maximum Gasteiger partial charge on any atom is 0.159 e. The second-order valence-corrected chi connectivity index (χ2v) is 7.25. The van der Waals surface area contributed by atoms with Crippen LogP contribution < -0.4 is 4.74 Å². The zero-order valence-corrected chi connectivity index (χ0v) is 16.6. The summed E-state index contributed by atoms with van der Waals surface area (Å²) in [7, 11) is 0. The van der Waals surface area contributed by atoms with Gasteiger partial charge in [-0.3, -0.25) is 4.79 Å². The molecule has 1 atom stereocenters. The van der Waals surface area contributed by atoms with E-state index in [0.29, 0.717) is 17.9 Å². The summed E-state index contributed by atoms with van der Waals surface area (Å²) in [4.78, 5) is 10.7. The summed E-state index contributed by atoms with van der Waals surface area (Å²) in [6, 6.07) is 17.3. The molecule has 1 unspecified atom stereocenters. The molecule has 0 saturated heterocycles. The number of hydrogen-bond acceptors (Lipinski definition) is 2. The number of carbonyl (C=O) groups excluding carboxylic acids is 1. The molecule has 0 N–H and O–H groups in total. The molecule has 0 aliphatic carbocycles. The zero-order chi connectivity index (χ0) is 20.8. The molecule has 0 radical (unpaired) electrons. The molecule has 3 rings (SSSR count). The van der Waals surface area contributed by atoms with Crippen LogP contribution in [-0.4, -0.2) is 12.9 Å². The Labute approximate surface area is 170 Å². The fourth-order valence-electron chi connectivity index (χ4n) is 3.36. The van der Waals surface area contributed by atoms with E-state index in [1.54, 1.807) is 30.3 Å². The lowest BCUT2D eigenvalue weighted by Gasteiger charge is -2.20. The first-order chi connectivity index (χ1) is 14.0. The summed E-state index contributed by atoms with van der Waals surface area (Å²) < 4.78 is 33.0. The number of benzene rings is 3. The number of carbonyl (C=O) groups is 1. The Bertz CT molecular complexity index is 929. The molecule has 2 nitrogen and oxygen atoms in total. The van der Waals surface area contributed by atoms with E-state index in [-0.39, 0.29) is 5.92 Å². The second-order valence-electron chi connectivity index (χ2n) is 7.25. The Balaban J connectivity index is 1.73. The molecule has 150 valence electrons. The molecule has 0 bridgehead atoms. The number of hydrogen-bond donors (Lipinski definition) is 0. The van der Waals surface area contributed by atoms with Crippen molar-refractivity contribution in [2.75, 3.05) is 6.61 Å². The molecular formula is C25H24F2O2. The van der Waals surface area contributed by atoms with Crippen molar-refractivity contribution in [3.05, 3.63) is 100 Å². The third kappa shape index (κ3) is 5.29. The van der Waals surface area contributed by atoms with E-state index in [4.69, 9.17) is 4.74 Å². The van der Waals surface area contributed by atoms with E-state index < -0.39 is 11.6 Å². The summed E-state index contributed by atoms with van der Waals surface area (Å²) in [5.41, 5.74) is 4.80. The monoisotopic (exact) mass is 394 g/mol. The van der Waals surface area contributed by atoms with Gasteiger partial charge in [0.15, 0.2) is 11.6 Å². The van der Waals surface area contributed by atoms with Crippen molar-refractivity contribution in [2.45, 2.75) is 32.6 Å². The van der Waals surface area contributed by atoms with E-state index in [1.807, 2.05) is 13.0 Å². The van der Waals surface area contributed by atoms with E-state index in [9.17, 15) is 13.6 Å². The van der Waals surface area contributed by atoms with Crippen LogP contribution in [0, 0.1) is 25.5 Å². The molecule has 3 aromatic carbocycles. The van der Waals surface area contributed by atoms with Crippen LogP contribution in [0.15, 0.2) is 60.7 Å². The van der Waals surface area contributed by atoms with E-state index >= 15 is 0 Å². The van der Waals surface area contributed by atoms with Crippen molar-refractivity contribution in [3.63, 3.8) is 0 Å². The maximum absolute atomic E-state index is 13.8. The highest BCUT2D eigenvalue weighted by atomic mass is 19.2. The maximum atomic E-state index is 13.8. The molecule has 0 aliphatic heterocycles. The predicted molar refractivity (Wildman–Crippen MR) is 111 cm³/mol. The molecule has 0 spiro atoms. The number of ether oxygens (including phenoxy) is 1. The van der Waals surface area contributed by atoms with Crippen molar-refractivity contribution in [1.29, 1.82) is 0 Å². The molecule has 0 heterocycles. The van der Waals surface area contributed by atoms with Gasteiger partial charge in [0.2, 0.25) is 0 Å². The second kappa shape index (κ2) is 9.46. The Morgan fingerprint density at radius 2 is 1.55 bits per heavy atom. The summed E-state index contributed by atoms with van der Waals surface area (Å²) in [5, 5.41) is 0. The van der Waals surface area contributed by atoms with Crippen LogP contribution in [0.3, 0.4) is 0 Å². The van der Waals surface area contributed by atoms with Crippen LogP contribution in [0.4, 0.5) is 8.78 Å². The highest BCUT2D eigenvalue weighted by Gasteiger charge is 2.17. The highest BCUT2D eigenvalue weighted by molar-refractivity contribution is 5.74. The van der Waals surface area contributed by atoms with Crippen molar-refractivity contribution in [3.8, 4) is 5.75 Å². The van der Waals surface area contributed by atoms with Gasteiger partial charge in [-0.2, -0.15) is 0 Å². The summed E-state index contributed by atoms with van der Waals surface area (Å²) in [6.07, 6.45) is 2.27. The van der Waals surface area contributed by atoms with Crippen LogP contribution in [0.5, 0.6) is 5.75 Å². The highest BCUT2D eigenvalue weighted by Crippen LogP contribution is 2.31. The van der Waals surface area contributed by atoms with Gasteiger partial charge in [0.1, 0.15) is 12.0 Å². The SMILES string of the molecule is Cc1ccc(C(CCCOc2ccc(C=O)cc2)c2ccc(F)c(F)c2)cc1C. The first-order valence-corrected chi connectivity index (χ1v) is 9.68. The normalized spacial score (nSPS) is 11.9. The third-order valence-corrected chi connectivity index (χ3v) is 5.20. The number of rotatable bonds is 8. The minimum Gasteiger partial charge on any atom is -0.494 e. The predicted octanol–water partition coefficient (Wildman–Crippen LogP) is 6.39. The van der Waals surface area contributed by atoms with Gasteiger partial charge >= 0.3 is 0 Å². The van der Waals surface area contributed by atoms with E-state index in [0.717, 1.165) is 30.3 Å². The Hall–Kier alpha value is -3.01. The number of halogens is 2. The van der Waals surface area contributed by atoms with E-state index in [2.05, 4.69) is 19.1 Å². The first-order valence-electron chi connectivity index (χ1n) is 9.68. The van der Waals surface area contributed by atoms with Crippen molar-refractivity contribution in [1.82, 2.24) is 0 Å². The van der Waals surface area contributed by atoms with Gasteiger partial charge < -0.3 is 4.74 Å². The van der Waals surface area contributed by atoms with Crippen molar-refractivity contribution >= 4 is 6.29 Å². The van der Waals surface area contributed by atoms with Gasteiger partial charge in [-0.25, -0.2) is 8.78 Å². The van der Waals surface area contributed by atoms with Crippen LogP contribution in [-0.2, 0) is 0 Å². The molecule has 0 aromatic heterocycles. The molecule has 0 amide bonds. The standard InChI is InChI=1S/C25H24F2O2/c1-17-5-8-20(14-18(17)2)23(21-9-12-24(26)25(27)15-21)4-3-13-29-22-10-6-19(16-28)7-11-22/h5-12,14-16,23H,3-4,13H2,1-2H3. The number of aryl methyl sites for hydroxylation is 2. The molecule has 4 heteroatoms. The Morgan fingerprint density at radius 3 is 2.21 bits per heavy atom. The van der Waals surface area contributed by atoms with Gasteiger partial charge in [0, 0.05) is 11.5 Å². The average Bonchev–Trinajstić information content (AvgIpc) is 2.73. The summed E-state index contributed by atoms with van der Waals surface area (Å²) in [5.74, 6) is -1.02. The van der Waals surface area contributed by atoms with Gasteiger partial charge in [-0.15, -0.1) is 0 Å². The van der Waals surface area contributed by atoms with Crippen LogP contribution in [0.2, 0.25) is 0 Å². The van der Waals surface area contributed by atoms with Crippen LogP contribution >= 0.6 is 0 Å². The fourth-order valence-corrected chi connectivity index (χ4v) is 3.36. The minimum absolute atomic E-state index is 0.0505. The van der Waals surface area contributed by atoms with Crippen molar-refractivity contribution < 1.29 is 18.3 Å². The van der Waals surface area contributed by atoms with Crippen LogP contribution in [0.1, 0.15) is 51.4 Å². The smallest absolute Gasteiger partial charge is 0.159 e. The molecule has 3 aromatic rings. The average molecular weight is 394 g/mol. The van der Waals surface area contributed by atoms with Gasteiger partial charge in [-0.05, 0) is 85.3 Å². The lowest BCUT2D eigenvalue weighted by atomic mass is 9.86. The van der Waals surface area contributed by atoms with Gasteiger partial charge in [0.25, 0.3) is 0 Å². The molecule has 0 aliphatic rings. The van der Waals surface area contributed by atoms with Crippen LogP contribution in [0.25, 0.3) is 0 Å². The topological polar surface area (TPSA) is 26.3 Å². The third-order valence-electron chi connectivity index (χ3n) is 5.20. The lowest BCUT2D eigenvalue weighted by molar-refractivity contribution is 0.112. The summed E-state index contributed by atoms with van der Waals surface area (Å²) in [6.45, 7) is 4.59.